The van der Waals surface area contributed by atoms with E-state index in [1.807, 2.05) is 6.92 Å². The molecule has 1 saturated heterocycles. The molecule has 112 valence electrons. The van der Waals surface area contributed by atoms with E-state index in [2.05, 4.69) is 21.2 Å². The lowest BCUT2D eigenvalue weighted by Crippen LogP contribution is -2.37. The van der Waals surface area contributed by atoms with Crippen LogP contribution in [0.3, 0.4) is 0 Å². The van der Waals surface area contributed by atoms with Crippen LogP contribution in [0, 0.1) is 12.8 Å². The second-order valence-corrected chi connectivity index (χ2v) is 8.29. The maximum absolute atomic E-state index is 12.6. The summed E-state index contributed by atoms with van der Waals surface area (Å²) in [7, 11) is -1.71. The highest BCUT2D eigenvalue weighted by molar-refractivity contribution is 9.10. The first-order valence-electron chi connectivity index (χ1n) is 6.84. The Hall–Kier alpha value is -0.430. The van der Waals surface area contributed by atoms with E-state index in [1.165, 1.54) is 4.31 Å². The Morgan fingerprint density at radius 3 is 2.60 bits per heavy atom. The van der Waals surface area contributed by atoms with Crippen molar-refractivity contribution in [3.8, 4) is 0 Å². The Morgan fingerprint density at radius 2 is 2.00 bits per heavy atom. The molecule has 1 aliphatic rings. The molecule has 0 amide bonds. The van der Waals surface area contributed by atoms with E-state index in [4.69, 9.17) is 0 Å². The normalized spacial score (nSPS) is 17.6. The van der Waals surface area contributed by atoms with Gasteiger partial charge in [0.1, 0.15) is 0 Å². The van der Waals surface area contributed by atoms with Crippen LogP contribution in [-0.2, 0) is 10.0 Å². The summed E-state index contributed by atoms with van der Waals surface area (Å²) in [4.78, 5) is 0.370. The second kappa shape index (κ2) is 6.56. The SMILES string of the molecule is Cc1cc(S(=O)(=O)N(C)CC2CCNCC2)ccc1Br. The van der Waals surface area contributed by atoms with Gasteiger partial charge >= 0.3 is 0 Å². The van der Waals surface area contributed by atoms with Crippen LogP contribution < -0.4 is 5.32 Å². The summed E-state index contributed by atoms with van der Waals surface area (Å²) in [6.45, 7) is 4.46. The summed E-state index contributed by atoms with van der Waals surface area (Å²) in [5.74, 6) is 0.451. The molecule has 0 atom stereocenters. The minimum absolute atomic E-state index is 0.370. The van der Waals surface area contributed by atoms with Crippen LogP contribution >= 0.6 is 15.9 Å². The predicted molar refractivity (Wildman–Crippen MR) is 84.3 cm³/mol. The van der Waals surface area contributed by atoms with Gasteiger partial charge in [0.2, 0.25) is 10.0 Å². The largest absolute Gasteiger partial charge is 0.317 e. The molecule has 4 nitrogen and oxygen atoms in total. The quantitative estimate of drug-likeness (QED) is 0.896. The lowest BCUT2D eigenvalue weighted by molar-refractivity contribution is 0.311. The number of hydrogen-bond acceptors (Lipinski definition) is 3. The lowest BCUT2D eigenvalue weighted by atomic mass is 9.98. The van der Waals surface area contributed by atoms with Gasteiger partial charge in [-0.15, -0.1) is 0 Å². The highest BCUT2D eigenvalue weighted by Crippen LogP contribution is 2.23. The number of rotatable bonds is 4. The van der Waals surface area contributed by atoms with Crippen molar-refractivity contribution in [1.29, 1.82) is 0 Å². The van der Waals surface area contributed by atoms with Gasteiger partial charge in [-0.25, -0.2) is 12.7 Å². The first kappa shape index (κ1) is 15.9. The summed E-state index contributed by atoms with van der Waals surface area (Å²) >= 11 is 3.40. The number of nitrogens with zero attached hydrogens (tertiary/aromatic N) is 1. The Kier molecular flexibility index (Phi) is 5.23. The summed E-state index contributed by atoms with van der Waals surface area (Å²) < 4.78 is 27.5. The topological polar surface area (TPSA) is 49.4 Å². The van der Waals surface area contributed by atoms with Gasteiger partial charge in [0, 0.05) is 18.1 Å². The van der Waals surface area contributed by atoms with Gasteiger partial charge < -0.3 is 5.32 Å². The molecule has 0 unspecified atom stereocenters. The molecule has 0 bridgehead atoms. The van der Waals surface area contributed by atoms with Gasteiger partial charge in [0.25, 0.3) is 0 Å². The molecule has 1 fully saturated rings. The number of sulfonamides is 1. The second-order valence-electron chi connectivity index (χ2n) is 5.39. The molecule has 0 spiro atoms. The van der Waals surface area contributed by atoms with E-state index >= 15 is 0 Å². The Bertz CT molecular complexity index is 569. The Labute approximate surface area is 129 Å². The number of nitrogens with one attached hydrogen (secondary N) is 1. The van der Waals surface area contributed by atoms with Crippen LogP contribution in [0.2, 0.25) is 0 Å². The van der Waals surface area contributed by atoms with Crippen molar-refractivity contribution in [2.24, 2.45) is 5.92 Å². The fraction of sp³-hybridized carbons (Fsp3) is 0.571. The van der Waals surface area contributed by atoms with Gasteiger partial charge in [-0.2, -0.15) is 0 Å². The molecule has 1 aromatic rings. The zero-order chi connectivity index (χ0) is 14.8. The molecular formula is C14H21BrN2O2S. The third-order valence-electron chi connectivity index (χ3n) is 3.81. The minimum Gasteiger partial charge on any atom is -0.317 e. The molecule has 0 aromatic heterocycles. The van der Waals surface area contributed by atoms with Crippen molar-refractivity contribution in [3.05, 3.63) is 28.2 Å². The molecule has 0 saturated carbocycles. The zero-order valence-electron chi connectivity index (χ0n) is 11.9. The number of aryl methyl sites for hydroxylation is 1. The average Bonchev–Trinajstić information content (AvgIpc) is 2.42. The van der Waals surface area contributed by atoms with E-state index in [-0.39, 0.29) is 0 Å². The van der Waals surface area contributed by atoms with Crippen LogP contribution in [0.25, 0.3) is 0 Å². The van der Waals surface area contributed by atoms with Crippen molar-refractivity contribution < 1.29 is 8.42 Å². The Balaban J connectivity index is 2.13. The molecule has 2 rings (SSSR count). The fourth-order valence-electron chi connectivity index (χ4n) is 2.48. The van der Waals surface area contributed by atoms with Gasteiger partial charge in [-0.05, 0) is 62.5 Å². The number of hydrogen-bond donors (Lipinski definition) is 1. The molecule has 1 N–H and O–H groups in total. The van der Waals surface area contributed by atoms with Crippen LogP contribution in [0.1, 0.15) is 18.4 Å². The third kappa shape index (κ3) is 3.61. The zero-order valence-corrected chi connectivity index (χ0v) is 14.3. The van der Waals surface area contributed by atoms with Gasteiger partial charge in [0.15, 0.2) is 0 Å². The molecule has 20 heavy (non-hydrogen) atoms. The monoisotopic (exact) mass is 360 g/mol. The van der Waals surface area contributed by atoms with Crippen LogP contribution in [0.5, 0.6) is 0 Å². The maximum atomic E-state index is 12.6. The number of halogens is 1. The van der Waals surface area contributed by atoms with Crippen molar-refractivity contribution >= 4 is 26.0 Å². The van der Waals surface area contributed by atoms with Crippen LogP contribution in [-0.4, -0.2) is 39.4 Å². The molecular weight excluding hydrogens is 340 g/mol. The summed E-state index contributed by atoms with van der Waals surface area (Å²) in [6, 6.07) is 5.17. The van der Waals surface area contributed by atoms with Crippen molar-refractivity contribution in [2.75, 3.05) is 26.7 Å². The van der Waals surface area contributed by atoms with E-state index < -0.39 is 10.0 Å². The smallest absolute Gasteiger partial charge is 0.242 e. The van der Waals surface area contributed by atoms with E-state index in [1.54, 1.807) is 25.2 Å². The lowest BCUT2D eigenvalue weighted by Gasteiger charge is -2.27. The molecule has 0 aliphatic carbocycles. The minimum atomic E-state index is -3.39. The van der Waals surface area contributed by atoms with E-state index in [0.717, 1.165) is 36.0 Å². The predicted octanol–water partition coefficient (Wildman–Crippen LogP) is 2.38. The number of piperidine rings is 1. The van der Waals surface area contributed by atoms with Crippen molar-refractivity contribution in [1.82, 2.24) is 9.62 Å². The van der Waals surface area contributed by atoms with Crippen molar-refractivity contribution in [3.63, 3.8) is 0 Å². The standard InChI is InChI=1S/C14H21BrN2O2S/c1-11-9-13(3-4-14(11)15)20(18,19)17(2)10-12-5-7-16-8-6-12/h3-4,9,12,16H,5-8,10H2,1-2H3. The van der Waals surface area contributed by atoms with Crippen LogP contribution in [0.15, 0.2) is 27.6 Å². The molecule has 1 aromatic carbocycles. The first-order chi connectivity index (χ1) is 9.41. The summed E-state index contributed by atoms with van der Waals surface area (Å²) in [5, 5.41) is 3.30. The first-order valence-corrected chi connectivity index (χ1v) is 9.08. The molecule has 6 heteroatoms. The third-order valence-corrected chi connectivity index (χ3v) is 6.52. The van der Waals surface area contributed by atoms with Gasteiger partial charge in [0.05, 0.1) is 4.90 Å². The van der Waals surface area contributed by atoms with Crippen LogP contribution in [0.4, 0.5) is 0 Å². The highest BCUT2D eigenvalue weighted by Gasteiger charge is 2.24. The van der Waals surface area contributed by atoms with E-state index in [9.17, 15) is 8.42 Å². The fourth-order valence-corrected chi connectivity index (χ4v) is 4.06. The number of benzene rings is 1. The van der Waals surface area contributed by atoms with E-state index in [0.29, 0.717) is 17.4 Å². The molecule has 1 heterocycles. The summed E-state index contributed by atoms with van der Waals surface area (Å²) in [6.07, 6.45) is 2.08. The highest BCUT2D eigenvalue weighted by atomic mass is 79.9. The molecule has 1 aliphatic heterocycles. The Morgan fingerprint density at radius 1 is 1.35 bits per heavy atom. The average molecular weight is 361 g/mol. The van der Waals surface area contributed by atoms with Gasteiger partial charge in [-0.1, -0.05) is 15.9 Å². The van der Waals surface area contributed by atoms with Crippen molar-refractivity contribution in [2.45, 2.75) is 24.7 Å². The maximum Gasteiger partial charge on any atom is 0.242 e. The van der Waals surface area contributed by atoms with Gasteiger partial charge in [-0.3, -0.25) is 0 Å². The molecule has 0 radical (unpaired) electrons. The summed E-state index contributed by atoms with van der Waals surface area (Å²) in [5.41, 5.74) is 0.932.